The smallest absolute Gasteiger partial charge is 0.259 e. The molecule has 0 atom stereocenters. The third-order valence-corrected chi connectivity index (χ3v) is 4.19. The molecule has 0 spiro atoms. The predicted molar refractivity (Wildman–Crippen MR) is 111 cm³/mol. The molecule has 0 fully saturated rings. The molecule has 6 heteroatoms. The highest BCUT2D eigenvalue weighted by molar-refractivity contribution is 9.10. The summed E-state index contributed by atoms with van der Waals surface area (Å²) in [4.78, 5) is 24.6. The number of rotatable bonds is 8. The molecule has 0 heterocycles. The summed E-state index contributed by atoms with van der Waals surface area (Å²) in [6.45, 7) is 7.27. The van der Waals surface area contributed by atoms with E-state index < -0.39 is 0 Å². The number of ether oxygens (including phenoxy) is 1. The molecule has 0 saturated carbocycles. The van der Waals surface area contributed by atoms with Gasteiger partial charge in [-0.15, -0.1) is 0 Å². The van der Waals surface area contributed by atoms with Crippen molar-refractivity contribution in [3.8, 4) is 5.75 Å². The number of anilines is 1. The number of carbonyl (C=O) groups excluding carboxylic acids is 2. The van der Waals surface area contributed by atoms with Gasteiger partial charge >= 0.3 is 0 Å². The van der Waals surface area contributed by atoms with Crippen LogP contribution in [0.1, 0.15) is 47.9 Å². The molecule has 0 unspecified atom stereocenters. The van der Waals surface area contributed by atoms with Crippen LogP contribution in [0.4, 0.5) is 5.69 Å². The van der Waals surface area contributed by atoms with Crippen molar-refractivity contribution in [2.45, 2.75) is 27.2 Å². The quantitative estimate of drug-likeness (QED) is 0.624. The van der Waals surface area contributed by atoms with Gasteiger partial charge in [-0.25, -0.2) is 0 Å². The third-order valence-electron chi connectivity index (χ3n) is 3.70. The number of amides is 2. The lowest BCUT2D eigenvalue weighted by Crippen LogP contribution is -2.23. The van der Waals surface area contributed by atoms with E-state index in [1.807, 2.05) is 13.0 Å². The van der Waals surface area contributed by atoms with Crippen LogP contribution in [0.15, 0.2) is 46.9 Å². The fraction of sp³-hybridized carbons (Fsp3) is 0.333. The molecule has 5 nitrogen and oxygen atoms in total. The van der Waals surface area contributed by atoms with Crippen LogP contribution in [0.5, 0.6) is 5.75 Å². The van der Waals surface area contributed by atoms with Crippen molar-refractivity contribution >= 4 is 33.4 Å². The highest BCUT2D eigenvalue weighted by Gasteiger charge is 2.15. The predicted octanol–water partition coefficient (Wildman–Crippen LogP) is 4.88. The molecule has 0 aliphatic heterocycles. The fourth-order valence-corrected chi connectivity index (χ4v) is 2.67. The Morgan fingerprint density at radius 1 is 1.07 bits per heavy atom. The number of hydrogen-bond acceptors (Lipinski definition) is 3. The first-order chi connectivity index (χ1) is 12.9. The van der Waals surface area contributed by atoms with E-state index >= 15 is 0 Å². The van der Waals surface area contributed by atoms with Crippen molar-refractivity contribution in [2.24, 2.45) is 5.92 Å². The van der Waals surface area contributed by atoms with E-state index in [1.165, 1.54) is 0 Å². The Balaban J connectivity index is 2.10. The van der Waals surface area contributed by atoms with Crippen molar-refractivity contribution in [3.05, 3.63) is 58.1 Å². The van der Waals surface area contributed by atoms with E-state index in [0.717, 1.165) is 10.9 Å². The summed E-state index contributed by atoms with van der Waals surface area (Å²) in [5, 5.41) is 5.67. The summed E-state index contributed by atoms with van der Waals surface area (Å²) in [5.41, 5.74) is 1.63. The number of hydrogen-bond donors (Lipinski definition) is 2. The maximum atomic E-state index is 12.7. The lowest BCUT2D eigenvalue weighted by molar-refractivity contribution is 0.0953. The fourth-order valence-electron chi connectivity index (χ4n) is 2.31. The van der Waals surface area contributed by atoms with Crippen LogP contribution in [0.25, 0.3) is 0 Å². The van der Waals surface area contributed by atoms with E-state index in [2.05, 4.69) is 40.4 Å². The zero-order valence-electron chi connectivity index (χ0n) is 15.8. The standard InChI is InChI=1S/C21H25BrN2O3/c1-4-11-23-20(25)15-5-8-17(9-6-15)24-21(26)18-12-16(22)7-10-19(18)27-13-14(2)3/h5-10,12,14H,4,11,13H2,1-3H3,(H,23,25)(H,24,26). The van der Waals surface area contributed by atoms with Crippen molar-refractivity contribution in [3.63, 3.8) is 0 Å². The summed E-state index contributed by atoms with van der Waals surface area (Å²) in [6, 6.07) is 12.2. The molecule has 0 aromatic heterocycles. The van der Waals surface area contributed by atoms with Crippen molar-refractivity contribution < 1.29 is 14.3 Å². The Kier molecular flexibility index (Phi) is 7.85. The van der Waals surface area contributed by atoms with Gasteiger partial charge in [0.1, 0.15) is 5.75 Å². The summed E-state index contributed by atoms with van der Waals surface area (Å²) in [7, 11) is 0. The summed E-state index contributed by atoms with van der Waals surface area (Å²) < 4.78 is 6.56. The minimum atomic E-state index is -0.266. The Labute approximate surface area is 168 Å². The molecule has 2 aromatic rings. The highest BCUT2D eigenvalue weighted by Crippen LogP contribution is 2.25. The van der Waals surface area contributed by atoms with Gasteiger partial charge in [0.25, 0.3) is 11.8 Å². The zero-order chi connectivity index (χ0) is 19.8. The monoisotopic (exact) mass is 432 g/mol. The van der Waals surface area contributed by atoms with Gasteiger partial charge in [-0.2, -0.15) is 0 Å². The van der Waals surface area contributed by atoms with E-state index in [9.17, 15) is 9.59 Å². The number of carbonyl (C=O) groups is 2. The topological polar surface area (TPSA) is 67.4 Å². The molecule has 2 amide bonds. The van der Waals surface area contributed by atoms with Gasteiger partial charge in [0.05, 0.1) is 12.2 Å². The maximum absolute atomic E-state index is 12.7. The largest absolute Gasteiger partial charge is 0.492 e. The van der Waals surface area contributed by atoms with E-state index in [-0.39, 0.29) is 11.8 Å². The molecule has 0 radical (unpaired) electrons. The molecule has 144 valence electrons. The first-order valence-electron chi connectivity index (χ1n) is 9.02. The van der Waals surface area contributed by atoms with Crippen LogP contribution in [-0.4, -0.2) is 25.0 Å². The first-order valence-corrected chi connectivity index (χ1v) is 9.82. The van der Waals surface area contributed by atoms with Crippen LogP contribution in [0, 0.1) is 5.92 Å². The van der Waals surface area contributed by atoms with Gasteiger partial charge in [0, 0.05) is 22.3 Å². The van der Waals surface area contributed by atoms with E-state index in [1.54, 1.807) is 36.4 Å². The van der Waals surface area contributed by atoms with Crippen LogP contribution in [-0.2, 0) is 0 Å². The molecule has 0 bridgehead atoms. The molecule has 27 heavy (non-hydrogen) atoms. The summed E-state index contributed by atoms with van der Waals surface area (Å²) in [6.07, 6.45) is 0.883. The molecule has 0 aliphatic carbocycles. The number of nitrogens with one attached hydrogen (secondary N) is 2. The average molecular weight is 433 g/mol. The molecule has 2 rings (SSSR count). The van der Waals surface area contributed by atoms with Crippen molar-refractivity contribution in [1.82, 2.24) is 5.32 Å². The Morgan fingerprint density at radius 2 is 1.78 bits per heavy atom. The summed E-state index contributed by atoms with van der Waals surface area (Å²) in [5.74, 6) is 0.514. The normalized spacial score (nSPS) is 10.6. The van der Waals surface area contributed by atoms with Gasteiger partial charge < -0.3 is 15.4 Å². The van der Waals surface area contributed by atoms with Crippen molar-refractivity contribution in [1.29, 1.82) is 0 Å². The molecular formula is C21H25BrN2O3. The third kappa shape index (κ3) is 6.40. The number of halogens is 1. The lowest BCUT2D eigenvalue weighted by Gasteiger charge is -2.14. The van der Waals surface area contributed by atoms with Gasteiger partial charge in [0.15, 0.2) is 0 Å². The molecule has 2 aromatic carbocycles. The first kappa shape index (κ1) is 21.0. The minimum Gasteiger partial charge on any atom is -0.492 e. The second kappa shape index (κ2) is 10.1. The van der Waals surface area contributed by atoms with Gasteiger partial charge in [-0.3, -0.25) is 9.59 Å². The molecular weight excluding hydrogens is 408 g/mol. The summed E-state index contributed by atoms with van der Waals surface area (Å²) >= 11 is 3.40. The van der Waals surface area contributed by atoms with Gasteiger partial charge in [-0.05, 0) is 54.8 Å². The zero-order valence-corrected chi connectivity index (χ0v) is 17.4. The van der Waals surface area contributed by atoms with E-state index in [4.69, 9.17) is 4.74 Å². The Bertz CT molecular complexity index is 789. The second-order valence-corrected chi connectivity index (χ2v) is 7.55. The van der Waals surface area contributed by atoms with Crippen molar-refractivity contribution in [2.75, 3.05) is 18.5 Å². The van der Waals surface area contributed by atoms with Crippen LogP contribution >= 0.6 is 15.9 Å². The number of benzene rings is 2. The Hall–Kier alpha value is -2.34. The van der Waals surface area contributed by atoms with Crippen LogP contribution in [0.3, 0.4) is 0 Å². The van der Waals surface area contributed by atoms with Gasteiger partial charge in [-0.1, -0.05) is 36.7 Å². The second-order valence-electron chi connectivity index (χ2n) is 6.63. The van der Waals surface area contributed by atoms with Crippen LogP contribution in [0.2, 0.25) is 0 Å². The maximum Gasteiger partial charge on any atom is 0.259 e. The lowest BCUT2D eigenvalue weighted by atomic mass is 10.1. The SMILES string of the molecule is CCCNC(=O)c1ccc(NC(=O)c2cc(Br)ccc2OCC(C)C)cc1. The Morgan fingerprint density at radius 3 is 2.41 bits per heavy atom. The molecule has 0 saturated heterocycles. The van der Waals surface area contributed by atoms with E-state index in [0.29, 0.717) is 41.6 Å². The average Bonchev–Trinajstić information content (AvgIpc) is 2.65. The van der Waals surface area contributed by atoms with Crippen LogP contribution < -0.4 is 15.4 Å². The highest BCUT2D eigenvalue weighted by atomic mass is 79.9. The van der Waals surface area contributed by atoms with Gasteiger partial charge in [0.2, 0.25) is 0 Å². The molecule has 2 N–H and O–H groups in total. The minimum absolute atomic E-state index is 0.119. The molecule has 0 aliphatic rings.